The average molecular weight is 392 g/mol. The third-order valence-electron chi connectivity index (χ3n) is 4.80. The van der Waals surface area contributed by atoms with Gasteiger partial charge in [-0.25, -0.2) is 17.6 Å². The van der Waals surface area contributed by atoms with E-state index < -0.39 is 23.3 Å². The van der Waals surface area contributed by atoms with Crippen molar-refractivity contribution in [2.45, 2.75) is 65.2 Å². The summed E-state index contributed by atoms with van der Waals surface area (Å²) in [5, 5.41) is 0. The van der Waals surface area contributed by atoms with E-state index in [4.69, 9.17) is 0 Å². The van der Waals surface area contributed by atoms with Crippen LogP contribution in [0.1, 0.15) is 68.2 Å². The minimum atomic E-state index is -0.788. The maximum absolute atomic E-state index is 14.0. The van der Waals surface area contributed by atoms with Gasteiger partial charge in [0.1, 0.15) is 17.5 Å². The van der Waals surface area contributed by atoms with Gasteiger partial charge in [0.05, 0.1) is 0 Å². The molecular formula is C24H28F4. The molecular weight excluding hydrogens is 364 g/mol. The van der Waals surface area contributed by atoms with Gasteiger partial charge in [0.2, 0.25) is 0 Å². The summed E-state index contributed by atoms with van der Waals surface area (Å²) in [5.74, 6) is -2.42. The smallest absolute Gasteiger partial charge is 0.161 e. The number of hydrogen-bond donors (Lipinski definition) is 0. The molecule has 0 unspecified atom stereocenters. The van der Waals surface area contributed by atoms with E-state index in [-0.39, 0.29) is 17.5 Å². The van der Waals surface area contributed by atoms with E-state index in [1.165, 1.54) is 12.1 Å². The second-order valence-corrected chi connectivity index (χ2v) is 7.16. The molecule has 0 saturated carbocycles. The molecule has 0 fully saturated rings. The van der Waals surface area contributed by atoms with E-state index in [0.29, 0.717) is 31.2 Å². The Morgan fingerprint density at radius 3 is 1.86 bits per heavy atom. The number of hydrogen-bond acceptors (Lipinski definition) is 0. The first-order valence-corrected chi connectivity index (χ1v) is 10.1. The van der Waals surface area contributed by atoms with Gasteiger partial charge < -0.3 is 0 Å². The first kappa shape index (κ1) is 22.2. The number of benzene rings is 2. The maximum Gasteiger partial charge on any atom is 0.161 e. The Balaban J connectivity index is 1.86. The third-order valence-corrected chi connectivity index (χ3v) is 4.80. The average Bonchev–Trinajstić information content (AvgIpc) is 2.68. The standard InChI is InChI=1S/C24H28F4/c1-3-7-20-22(26)15-18(16-23(20)27)10-6-5-9-17-11-13-19(14-12-17)24(28)21(25)8-4-2/h11-16H,3-10H2,1-2H3. The zero-order chi connectivity index (χ0) is 20.5. The quantitative estimate of drug-likeness (QED) is 0.285. The summed E-state index contributed by atoms with van der Waals surface area (Å²) in [6, 6.07) is 9.65. The molecule has 152 valence electrons. The summed E-state index contributed by atoms with van der Waals surface area (Å²) in [5.41, 5.74) is 2.13. The van der Waals surface area contributed by atoms with Gasteiger partial charge >= 0.3 is 0 Å². The summed E-state index contributed by atoms with van der Waals surface area (Å²) in [6.45, 7) is 3.70. The topological polar surface area (TPSA) is 0 Å². The zero-order valence-corrected chi connectivity index (χ0v) is 16.6. The monoisotopic (exact) mass is 392 g/mol. The highest BCUT2D eigenvalue weighted by Gasteiger charge is 2.11. The van der Waals surface area contributed by atoms with Crippen LogP contribution >= 0.6 is 0 Å². The van der Waals surface area contributed by atoms with E-state index in [9.17, 15) is 17.6 Å². The summed E-state index contributed by atoms with van der Waals surface area (Å²) in [6.07, 6.45) is 4.82. The Labute approximate surface area is 165 Å². The van der Waals surface area contributed by atoms with E-state index >= 15 is 0 Å². The van der Waals surface area contributed by atoms with Gasteiger partial charge in [-0.15, -0.1) is 0 Å². The summed E-state index contributed by atoms with van der Waals surface area (Å²) in [4.78, 5) is 0. The van der Waals surface area contributed by atoms with Crippen LogP contribution in [-0.2, 0) is 19.3 Å². The molecule has 2 aromatic carbocycles. The lowest BCUT2D eigenvalue weighted by Crippen LogP contribution is -1.99. The van der Waals surface area contributed by atoms with Crippen molar-refractivity contribution in [1.82, 2.24) is 0 Å². The third kappa shape index (κ3) is 6.22. The summed E-state index contributed by atoms with van der Waals surface area (Å²) < 4.78 is 55.5. The number of allylic oxidation sites excluding steroid dienone is 1. The maximum atomic E-state index is 14.0. The SMILES string of the molecule is CCCC(F)=C(F)c1ccc(CCCCc2cc(F)c(CCC)c(F)c2)cc1. The van der Waals surface area contributed by atoms with Crippen molar-refractivity contribution in [3.05, 3.63) is 76.1 Å². The Hall–Kier alpha value is -2.10. The summed E-state index contributed by atoms with van der Waals surface area (Å²) >= 11 is 0. The van der Waals surface area contributed by atoms with Gasteiger partial charge in [0.15, 0.2) is 5.83 Å². The Kier molecular flexibility index (Phi) is 8.75. The van der Waals surface area contributed by atoms with Crippen LogP contribution in [0.15, 0.2) is 42.2 Å². The van der Waals surface area contributed by atoms with Gasteiger partial charge in [0.25, 0.3) is 0 Å². The molecule has 0 radical (unpaired) electrons. The van der Waals surface area contributed by atoms with E-state index in [0.717, 1.165) is 24.8 Å². The first-order chi connectivity index (χ1) is 13.5. The van der Waals surface area contributed by atoms with Gasteiger partial charge in [0, 0.05) is 17.5 Å². The van der Waals surface area contributed by atoms with Crippen LogP contribution in [0, 0.1) is 11.6 Å². The molecule has 0 amide bonds. The molecule has 2 aromatic rings. The zero-order valence-electron chi connectivity index (χ0n) is 16.6. The van der Waals surface area contributed by atoms with Crippen LogP contribution in [0.25, 0.3) is 5.83 Å². The van der Waals surface area contributed by atoms with Crippen molar-refractivity contribution < 1.29 is 17.6 Å². The van der Waals surface area contributed by atoms with Gasteiger partial charge in [-0.2, -0.15) is 0 Å². The predicted octanol–water partition coefficient (Wildman–Crippen LogP) is 7.89. The molecule has 4 heteroatoms. The lowest BCUT2D eigenvalue weighted by atomic mass is 10.00. The fourth-order valence-corrected chi connectivity index (χ4v) is 3.25. The lowest BCUT2D eigenvalue weighted by molar-refractivity contribution is 0.548. The first-order valence-electron chi connectivity index (χ1n) is 10.1. The van der Waals surface area contributed by atoms with Gasteiger partial charge in [-0.3, -0.25) is 0 Å². The molecule has 0 aliphatic carbocycles. The fraction of sp³-hybridized carbons (Fsp3) is 0.417. The summed E-state index contributed by atoms with van der Waals surface area (Å²) in [7, 11) is 0. The molecule has 0 bridgehead atoms. The minimum Gasteiger partial charge on any atom is -0.209 e. The Morgan fingerprint density at radius 1 is 0.750 bits per heavy atom. The Bertz CT molecular complexity index is 768. The molecule has 0 nitrogen and oxygen atoms in total. The van der Waals surface area contributed by atoms with Crippen molar-refractivity contribution in [2.75, 3.05) is 0 Å². The second kappa shape index (κ2) is 11.0. The van der Waals surface area contributed by atoms with Crippen LogP contribution in [0.3, 0.4) is 0 Å². The predicted molar refractivity (Wildman–Crippen MR) is 107 cm³/mol. The van der Waals surface area contributed by atoms with E-state index in [1.807, 2.05) is 6.92 Å². The van der Waals surface area contributed by atoms with Crippen LogP contribution in [0.4, 0.5) is 17.6 Å². The van der Waals surface area contributed by atoms with Crippen molar-refractivity contribution in [2.24, 2.45) is 0 Å². The molecule has 28 heavy (non-hydrogen) atoms. The minimum absolute atomic E-state index is 0.105. The molecule has 0 heterocycles. The highest BCUT2D eigenvalue weighted by atomic mass is 19.2. The molecule has 2 rings (SSSR count). The van der Waals surface area contributed by atoms with Crippen molar-refractivity contribution in [3.8, 4) is 0 Å². The highest BCUT2D eigenvalue weighted by molar-refractivity contribution is 5.61. The van der Waals surface area contributed by atoms with E-state index in [2.05, 4.69) is 0 Å². The molecule has 0 N–H and O–H groups in total. The largest absolute Gasteiger partial charge is 0.209 e. The molecule has 0 aliphatic rings. The number of rotatable bonds is 10. The van der Waals surface area contributed by atoms with Crippen LogP contribution in [0.5, 0.6) is 0 Å². The van der Waals surface area contributed by atoms with Crippen LogP contribution < -0.4 is 0 Å². The van der Waals surface area contributed by atoms with E-state index in [1.54, 1.807) is 31.2 Å². The fourth-order valence-electron chi connectivity index (χ4n) is 3.25. The van der Waals surface area contributed by atoms with Gasteiger partial charge in [-0.05, 0) is 61.8 Å². The molecule has 0 aliphatic heterocycles. The molecule has 0 saturated heterocycles. The second-order valence-electron chi connectivity index (χ2n) is 7.16. The van der Waals surface area contributed by atoms with Crippen LogP contribution in [0.2, 0.25) is 0 Å². The molecule has 0 atom stereocenters. The number of aryl methyl sites for hydroxylation is 2. The number of halogens is 4. The Morgan fingerprint density at radius 2 is 1.32 bits per heavy atom. The van der Waals surface area contributed by atoms with Crippen molar-refractivity contribution in [3.63, 3.8) is 0 Å². The van der Waals surface area contributed by atoms with Gasteiger partial charge in [-0.1, -0.05) is 44.5 Å². The number of unbranched alkanes of at least 4 members (excludes halogenated alkanes) is 1. The lowest BCUT2D eigenvalue weighted by Gasteiger charge is -2.08. The van der Waals surface area contributed by atoms with Crippen molar-refractivity contribution >= 4 is 5.83 Å². The van der Waals surface area contributed by atoms with Crippen molar-refractivity contribution in [1.29, 1.82) is 0 Å². The normalized spacial score (nSPS) is 12.2. The van der Waals surface area contributed by atoms with Crippen LogP contribution in [-0.4, -0.2) is 0 Å². The highest BCUT2D eigenvalue weighted by Crippen LogP contribution is 2.25. The molecule has 0 spiro atoms. The molecule has 0 aromatic heterocycles.